The van der Waals surface area contributed by atoms with Crippen LogP contribution < -0.4 is 15.5 Å². The molecule has 2 aromatic rings. The molecule has 1 aromatic heterocycles. The molecular weight excluding hydrogens is 412 g/mol. The molecule has 1 aromatic carbocycles. The molecule has 3 heterocycles. The molecule has 5 rings (SSSR count). The van der Waals surface area contributed by atoms with Gasteiger partial charge in [0.1, 0.15) is 5.82 Å². The Hall–Kier alpha value is -2.60. The van der Waals surface area contributed by atoms with Crippen molar-refractivity contribution in [2.45, 2.75) is 69.0 Å². The number of anilines is 2. The van der Waals surface area contributed by atoms with Crippen LogP contribution in [0.2, 0.25) is 5.02 Å². The van der Waals surface area contributed by atoms with Gasteiger partial charge in [-0.3, -0.25) is 9.59 Å². The summed E-state index contributed by atoms with van der Waals surface area (Å²) in [7, 11) is 0. The van der Waals surface area contributed by atoms with Crippen molar-refractivity contribution in [3.8, 4) is 0 Å². The first kappa shape index (κ1) is 20.3. The van der Waals surface area contributed by atoms with E-state index in [4.69, 9.17) is 11.6 Å². The van der Waals surface area contributed by atoms with Crippen molar-refractivity contribution in [1.29, 1.82) is 0 Å². The van der Waals surface area contributed by atoms with Crippen molar-refractivity contribution < 1.29 is 9.59 Å². The lowest BCUT2D eigenvalue weighted by Crippen LogP contribution is -2.52. The van der Waals surface area contributed by atoms with Gasteiger partial charge < -0.3 is 15.5 Å². The summed E-state index contributed by atoms with van der Waals surface area (Å²) in [5.74, 6) is 1.01. The highest BCUT2D eigenvalue weighted by Crippen LogP contribution is 2.49. The van der Waals surface area contributed by atoms with Crippen molar-refractivity contribution in [3.05, 3.63) is 53.2 Å². The van der Waals surface area contributed by atoms with Crippen LogP contribution in [0.25, 0.3) is 0 Å². The van der Waals surface area contributed by atoms with E-state index in [0.29, 0.717) is 22.8 Å². The third-order valence-electron chi connectivity index (χ3n) is 6.98. The Morgan fingerprint density at radius 3 is 2.29 bits per heavy atom. The molecule has 31 heavy (non-hydrogen) atoms. The minimum Gasteiger partial charge on any atom is -0.352 e. The monoisotopic (exact) mass is 438 g/mol. The quantitative estimate of drug-likeness (QED) is 0.738. The maximum Gasteiger partial charge on any atom is 0.230 e. The largest absolute Gasteiger partial charge is 0.352 e. The Kier molecular flexibility index (Phi) is 5.13. The van der Waals surface area contributed by atoms with Crippen molar-refractivity contribution in [2.75, 3.05) is 10.2 Å². The highest BCUT2D eigenvalue weighted by atomic mass is 35.5. The van der Waals surface area contributed by atoms with Gasteiger partial charge in [0.2, 0.25) is 11.8 Å². The maximum absolute atomic E-state index is 13.2. The van der Waals surface area contributed by atoms with Gasteiger partial charge in [-0.1, -0.05) is 23.7 Å². The number of halogens is 1. The molecule has 1 aliphatic carbocycles. The number of benzene rings is 1. The molecule has 0 radical (unpaired) electrons. The SMILES string of the molecule is CC(=O)Nc1ccc(N2[C@@H]3CC[C@H]2C[C@@H](NC(=O)C2(c4ccc(Cl)cc4)CC2)C3)nc1. The van der Waals surface area contributed by atoms with Gasteiger partial charge in [0, 0.05) is 30.1 Å². The van der Waals surface area contributed by atoms with Gasteiger partial charge in [-0.2, -0.15) is 0 Å². The minimum absolute atomic E-state index is 0.0989. The molecular formula is C24H27ClN4O2. The molecule has 2 aliphatic heterocycles. The Labute approximate surface area is 187 Å². The molecule has 2 bridgehead atoms. The predicted molar refractivity (Wildman–Crippen MR) is 121 cm³/mol. The zero-order valence-corrected chi connectivity index (χ0v) is 18.4. The Morgan fingerprint density at radius 1 is 1.06 bits per heavy atom. The van der Waals surface area contributed by atoms with Gasteiger partial charge in [0.15, 0.2) is 0 Å². The van der Waals surface area contributed by atoms with E-state index in [2.05, 4.69) is 20.5 Å². The first-order valence-corrected chi connectivity index (χ1v) is 11.4. The Balaban J connectivity index is 1.24. The van der Waals surface area contributed by atoms with Crippen LogP contribution in [0, 0.1) is 0 Å². The predicted octanol–water partition coefficient (Wildman–Crippen LogP) is 4.04. The van der Waals surface area contributed by atoms with Gasteiger partial charge in [-0.05, 0) is 68.4 Å². The molecule has 3 aliphatic rings. The topological polar surface area (TPSA) is 74.3 Å². The number of nitrogens with one attached hydrogen (secondary N) is 2. The average Bonchev–Trinajstić information content (AvgIpc) is 3.50. The summed E-state index contributed by atoms with van der Waals surface area (Å²) in [5.41, 5.74) is 1.41. The number of hydrogen-bond donors (Lipinski definition) is 2. The highest BCUT2D eigenvalue weighted by Gasteiger charge is 2.52. The fourth-order valence-corrected chi connectivity index (χ4v) is 5.48. The van der Waals surface area contributed by atoms with Gasteiger partial charge in [0.25, 0.3) is 0 Å². The maximum atomic E-state index is 13.2. The van der Waals surface area contributed by atoms with Gasteiger partial charge in [0.05, 0.1) is 17.3 Å². The molecule has 6 nitrogen and oxygen atoms in total. The number of hydrogen-bond acceptors (Lipinski definition) is 4. The molecule has 162 valence electrons. The van der Waals surface area contributed by atoms with Crippen LogP contribution in [0.3, 0.4) is 0 Å². The van der Waals surface area contributed by atoms with Crippen molar-refractivity contribution in [2.24, 2.45) is 0 Å². The number of fused-ring (bicyclic) bond motifs is 2. The number of rotatable bonds is 5. The number of amides is 2. The van der Waals surface area contributed by atoms with E-state index in [9.17, 15) is 9.59 Å². The first-order chi connectivity index (χ1) is 14.9. The standard InChI is InChI=1S/C24H27ClN4O2/c1-15(30)27-18-6-9-22(26-14-18)29-20-7-8-21(29)13-19(12-20)28-23(31)24(10-11-24)16-2-4-17(25)5-3-16/h2-6,9,14,19-21H,7-8,10-13H2,1H3,(H,27,30)(H,28,31)/t19-,20+,21-. The van der Waals surface area contributed by atoms with Crippen molar-refractivity contribution in [3.63, 3.8) is 0 Å². The number of nitrogens with zero attached hydrogens (tertiary/aromatic N) is 2. The number of pyridine rings is 1. The number of carbonyl (C=O) groups is 2. The van der Waals surface area contributed by atoms with Crippen LogP contribution >= 0.6 is 11.6 Å². The first-order valence-electron chi connectivity index (χ1n) is 11.0. The molecule has 0 unspecified atom stereocenters. The lowest BCUT2D eigenvalue weighted by molar-refractivity contribution is -0.124. The van der Waals surface area contributed by atoms with Gasteiger partial charge in [-0.15, -0.1) is 0 Å². The molecule has 2 amide bonds. The van der Waals surface area contributed by atoms with Crippen LogP contribution in [0.4, 0.5) is 11.5 Å². The van der Waals surface area contributed by atoms with Crippen LogP contribution in [0.5, 0.6) is 0 Å². The zero-order valence-electron chi connectivity index (χ0n) is 17.6. The van der Waals surface area contributed by atoms with E-state index in [-0.39, 0.29) is 23.3 Å². The van der Waals surface area contributed by atoms with Crippen molar-refractivity contribution in [1.82, 2.24) is 10.3 Å². The fourth-order valence-electron chi connectivity index (χ4n) is 5.35. The lowest BCUT2D eigenvalue weighted by Gasteiger charge is -2.40. The Bertz CT molecular complexity index is 974. The summed E-state index contributed by atoms with van der Waals surface area (Å²) in [6, 6.07) is 12.6. The number of piperidine rings is 1. The molecule has 3 fully saturated rings. The molecule has 3 atom stereocenters. The highest BCUT2D eigenvalue weighted by molar-refractivity contribution is 6.30. The third-order valence-corrected chi connectivity index (χ3v) is 7.23. The van der Waals surface area contributed by atoms with Crippen LogP contribution in [-0.2, 0) is 15.0 Å². The summed E-state index contributed by atoms with van der Waals surface area (Å²) in [5, 5.41) is 6.83. The molecule has 2 N–H and O–H groups in total. The molecule has 7 heteroatoms. The summed E-state index contributed by atoms with van der Waals surface area (Å²) in [6.45, 7) is 1.49. The normalized spacial score (nSPS) is 25.7. The summed E-state index contributed by atoms with van der Waals surface area (Å²) in [4.78, 5) is 31.4. The lowest BCUT2D eigenvalue weighted by atomic mass is 9.92. The summed E-state index contributed by atoms with van der Waals surface area (Å²) < 4.78 is 0. The summed E-state index contributed by atoms with van der Waals surface area (Å²) >= 11 is 6.02. The minimum atomic E-state index is -0.373. The van der Waals surface area contributed by atoms with Crippen LogP contribution in [0.1, 0.15) is 51.0 Å². The van der Waals surface area contributed by atoms with E-state index in [1.54, 1.807) is 6.20 Å². The smallest absolute Gasteiger partial charge is 0.230 e. The van der Waals surface area contributed by atoms with E-state index < -0.39 is 0 Å². The van der Waals surface area contributed by atoms with E-state index >= 15 is 0 Å². The van der Waals surface area contributed by atoms with Crippen molar-refractivity contribution >= 4 is 34.9 Å². The number of carbonyl (C=O) groups excluding carboxylic acids is 2. The summed E-state index contributed by atoms with van der Waals surface area (Å²) in [6.07, 6.45) is 7.63. The molecule has 2 saturated heterocycles. The van der Waals surface area contributed by atoms with Crippen LogP contribution in [-0.4, -0.2) is 34.9 Å². The fraction of sp³-hybridized carbons (Fsp3) is 0.458. The van der Waals surface area contributed by atoms with Crippen LogP contribution in [0.15, 0.2) is 42.6 Å². The second kappa shape index (κ2) is 7.83. The Morgan fingerprint density at radius 2 is 1.74 bits per heavy atom. The molecule has 1 saturated carbocycles. The van der Waals surface area contributed by atoms with Gasteiger partial charge >= 0.3 is 0 Å². The zero-order chi connectivity index (χ0) is 21.6. The second-order valence-corrected chi connectivity index (χ2v) is 9.55. The number of aromatic nitrogens is 1. The van der Waals surface area contributed by atoms with E-state index in [1.807, 2.05) is 36.4 Å². The van der Waals surface area contributed by atoms with E-state index in [1.165, 1.54) is 6.92 Å². The molecule has 0 spiro atoms. The average molecular weight is 439 g/mol. The third kappa shape index (κ3) is 3.89. The van der Waals surface area contributed by atoms with Gasteiger partial charge in [-0.25, -0.2) is 4.98 Å². The van der Waals surface area contributed by atoms with E-state index in [0.717, 1.165) is 49.9 Å². The second-order valence-electron chi connectivity index (χ2n) is 9.11.